The molecule has 0 spiro atoms. The van der Waals surface area contributed by atoms with Crippen molar-refractivity contribution < 1.29 is 14.0 Å². The third-order valence-electron chi connectivity index (χ3n) is 3.09. The fourth-order valence-electron chi connectivity index (χ4n) is 2.24. The first kappa shape index (κ1) is 15.3. The van der Waals surface area contributed by atoms with Crippen molar-refractivity contribution in [2.24, 2.45) is 0 Å². The molecule has 2 N–H and O–H groups in total. The highest BCUT2D eigenvalue weighted by molar-refractivity contribution is 5.96. The molecule has 1 aromatic rings. The van der Waals surface area contributed by atoms with Crippen LogP contribution in [-0.4, -0.2) is 30.1 Å². The fourth-order valence-corrected chi connectivity index (χ4v) is 2.24. The lowest BCUT2D eigenvalue weighted by molar-refractivity contribution is -0.117. The predicted molar refractivity (Wildman–Crippen MR) is 78.6 cm³/mol. The number of amides is 3. The summed E-state index contributed by atoms with van der Waals surface area (Å²) in [6.45, 7) is 6.05. The Balaban J connectivity index is 1.96. The summed E-state index contributed by atoms with van der Waals surface area (Å²) in [6, 6.07) is 5.22. The molecule has 3 amide bonds. The summed E-state index contributed by atoms with van der Waals surface area (Å²) in [4.78, 5) is 25.4. The average molecular weight is 293 g/mol. The molecule has 0 saturated carbocycles. The van der Waals surface area contributed by atoms with Crippen molar-refractivity contribution in [2.45, 2.75) is 38.8 Å². The number of anilines is 1. The molecule has 0 radical (unpaired) electrons. The van der Waals surface area contributed by atoms with Crippen LogP contribution in [0, 0.1) is 5.82 Å². The number of nitrogens with one attached hydrogen (secondary N) is 2. The Kier molecular flexibility index (Phi) is 4.16. The van der Waals surface area contributed by atoms with Gasteiger partial charge in [0.15, 0.2) is 0 Å². The summed E-state index contributed by atoms with van der Waals surface area (Å²) in [6.07, 6.45) is 0.245. The Morgan fingerprint density at radius 2 is 1.90 bits per heavy atom. The number of rotatable bonds is 2. The van der Waals surface area contributed by atoms with Crippen LogP contribution in [0.2, 0.25) is 0 Å². The summed E-state index contributed by atoms with van der Waals surface area (Å²) in [5, 5.41) is 5.58. The lowest BCUT2D eigenvalue weighted by Crippen LogP contribution is -2.50. The predicted octanol–water partition coefficient (Wildman–Crippen LogP) is 2.03. The smallest absolute Gasteiger partial charge is 0.315 e. The van der Waals surface area contributed by atoms with E-state index >= 15 is 0 Å². The second kappa shape index (κ2) is 5.71. The number of urea groups is 1. The van der Waals surface area contributed by atoms with Gasteiger partial charge in [-0.3, -0.25) is 4.79 Å². The molecular weight excluding hydrogens is 273 g/mol. The Morgan fingerprint density at radius 3 is 2.48 bits per heavy atom. The van der Waals surface area contributed by atoms with Gasteiger partial charge in [-0.25, -0.2) is 9.18 Å². The quantitative estimate of drug-likeness (QED) is 0.876. The highest BCUT2D eigenvalue weighted by Gasteiger charge is 2.32. The molecule has 2 rings (SSSR count). The van der Waals surface area contributed by atoms with Crippen molar-refractivity contribution in [3.05, 3.63) is 30.1 Å². The molecule has 5 nitrogen and oxygen atoms in total. The molecule has 0 bridgehead atoms. The van der Waals surface area contributed by atoms with Crippen molar-refractivity contribution >= 4 is 17.6 Å². The topological polar surface area (TPSA) is 61.4 Å². The van der Waals surface area contributed by atoms with Crippen LogP contribution in [0.1, 0.15) is 27.2 Å². The van der Waals surface area contributed by atoms with Crippen molar-refractivity contribution in [3.8, 4) is 0 Å². The minimum absolute atomic E-state index is 0.0809. The number of hydrogen-bond donors (Lipinski definition) is 2. The Bertz CT molecular complexity index is 537. The molecule has 1 aromatic carbocycles. The van der Waals surface area contributed by atoms with E-state index in [-0.39, 0.29) is 35.8 Å². The zero-order valence-electron chi connectivity index (χ0n) is 12.4. The van der Waals surface area contributed by atoms with Crippen molar-refractivity contribution in [1.29, 1.82) is 0 Å². The molecule has 114 valence electrons. The van der Waals surface area contributed by atoms with Gasteiger partial charge in [-0.05, 0) is 45.0 Å². The molecule has 0 unspecified atom stereocenters. The van der Waals surface area contributed by atoms with E-state index in [0.29, 0.717) is 12.2 Å². The van der Waals surface area contributed by atoms with E-state index in [1.807, 2.05) is 20.8 Å². The number of hydrogen-bond acceptors (Lipinski definition) is 2. The van der Waals surface area contributed by atoms with Crippen molar-refractivity contribution in [2.75, 3.05) is 11.4 Å². The van der Waals surface area contributed by atoms with Crippen LogP contribution in [0.5, 0.6) is 0 Å². The normalized spacial score (nSPS) is 18.8. The Hall–Kier alpha value is -2.11. The minimum atomic E-state index is -0.343. The molecule has 1 heterocycles. The van der Waals surface area contributed by atoms with Gasteiger partial charge in [0.25, 0.3) is 0 Å². The van der Waals surface area contributed by atoms with E-state index in [4.69, 9.17) is 0 Å². The van der Waals surface area contributed by atoms with Gasteiger partial charge in [-0.1, -0.05) is 0 Å². The van der Waals surface area contributed by atoms with E-state index in [1.54, 1.807) is 17.0 Å². The average Bonchev–Trinajstić information content (AvgIpc) is 2.68. The summed E-state index contributed by atoms with van der Waals surface area (Å²) >= 11 is 0. The first-order valence-electron chi connectivity index (χ1n) is 6.89. The minimum Gasteiger partial charge on any atom is -0.334 e. The third-order valence-corrected chi connectivity index (χ3v) is 3.09. The maximum Gasteiger partial charge on any atom is 0.315 e. The number of nitrogens with zero attached hydrogens (tertiary/aromatic N) is 1. The van der Waals surface area contributed by atoms with E-state index in [1.165, 1.54) is 12.1 Å². The van der Waals surface area contributed by atoms with E-state index in [9.17, 15) is 14.0 Å². The second-order valence-electron chi connectivity index (χ2n) is 6.23. The molecular formula is C15H20FN3O2. The van der Waals surface area contributed by atoms with Gasteiger partial charge in [0, 0.05) is 24.2 Å². The number of benzene rings is 1. The Morgan fingerprint density at radius 1 is 1.29 bits per heavy atom. The van der Waals surface area contributed by atoms with E-state index < -0.39 is 0 Å². The van der Waals surface area contributed by atoms with Crippen LogP contribution in [0.4, 0.5) is 14.9 Å². The molecule has 1 aliphatic rings. The van der Waals surface area contributed by atoms with Crippen molar-refractivity contribution in [1.82, 2.24) is 10.6 Å². The van der Waals surface area contributed by atoms with E-state index in [2.05, 4.69) is 10.6 Å². The largest absolute Gasteiger partial charge is 0.334 e. The van der Waals surface area contributed by atoms with Gasteiger partial charge in [-0.2, -0.15) is 0 Å². The Labute approximate surface area is 123 Å². The van der Waals surface area contributed by atoms with Gasteiger partial charge in [0.1, 0.15) is 5.82 Å². The van der Waals surface area contributed by atoms with Gasteiger partial charge >= 0.3 is 6.03 Å². The van der Waals surface area contributed by atoms with Crippen LogP contribution in [0.15, 0.2) is 24.3 Å². The standard InChI is InChI=1S/C15H20FN3O2/c1-15(2,3)18-14(21)17-11-8-13(20)19(9-11)12-6-4-10(16)5-7-12/h4-7,11H,8-9H2,1-3H3,(H2,17,18,21)/t11-/m0/s1. The first-order chi connectivity index (χ1) is 9.74. The van der Waals surface area contributed by atoms with Gasteiger partial charge < -0.3 is 15.5 Å². The lowest BCUT2D eigenvalue weighted by atomic mass is 10.1. The molecule has 1 saturated heterocycles. The summed E-state index contributed by atoms with van der Waals surface area (Å²) in [7, 11) is 0. The van der Waals surface area contributed by atoms with Gasteiger partial charge in [-0.15, -0.1) is 0 Å². The summed E-state index contributed by atoms with van der Waals surface area (Å²) < 4.78 is 12.9. The first-order valence-corrected chi connectivity index (χ1v) is 6.89. The lowest BCUT2D eigenvalue weighted by Gasteiger charge is -2.22. The SMILES string of the molecule is CC(C)(C)NC(=O)N[C@H]1CC(=O)N(c2ccc(F)cc2)C1. The molecule has 1 fully saturated rings. The highest BCUT2D eigenvalue weighted by Crippen LogP contribution is 2.21. The van der Waals surface area contributed by atoms with Gasteiger partial charge in [0.05, 0.1) is 6.04 Å². The number of halogens is 1. The van der Waals surface area contributed by atoms with Crippen LogP contribution in [-0.2, 0) is 4.79 Å². The maximum absolute atomic E-state index is 12.9. The van der Waals surface area contributed by atoms with Crippen LogP contribution < -0.4 is 15.5 Å². The molecule has 6 heteroatoms. The summed E-state index contributed by atoms with van der Waals surface area (Å²) in [5.41, 5.74) is 0.311. The van der Waals surface area contributed by atoms with Crippen LogP contribution in [0.25, 0.3) is 0 Å². The maximum atomic E-state index is 12.9. The molecule has 1 aliphatic heterocycles. The molecule has 0 aromatic heterocycles. The fraction of sp³-hybridized carbons (Fsp3) is 0.467. The summed E-state index contributed by atoms with van der Waals surface area (Å²) in [5.74, 6) is -0.424. The monoisotopic (exact) mass is 293 g/mol. The zero-order valence-corrected chi connectivity index (χ0v) is 12.4. The highest BCUT2D eigenvalue weighted by atomic mass is 19.1. The third kappa shape index (κ3) is 4.18. The second-order valence-corrected chi connectivity index (χ2v) is 6.23. The zero-order chi connectivity index (χ0) is 15.6. The van der Waals surface area contributed by atoms with Crippen LogP contribution in [0.3, 0.4) is 0 Å². The number of carbonyl (C=O) groups excluding carboxylic acids is 2. The van der Waals surface area contributed by atoms with Crippen molar-refractivity contribution in [3.63, 3.8) is 0 Å². The molecule has 21 heavy (non-hydrogen) atoms. The molecule has 0 aliphatic carbocycles. The van der Waals surface area contributed by atoms with E-state index in [0.717, 1.165) is 0 Å². The number of carbonyl (C=O) groups is 2. The van der Waals surface area contributed by atoms with Crippen LogP contribution >= 0.6 is 0 Å². The molecule has 1 atom stereocenters. The van der Waals surface area contributed by atoms with Gasteiger partial charge in [0.2, 0.25) is 5.91 Å².